The summed E-state index contributed by atoms with van der Waals surface area (Å²) in [6, 6.07) is 10.7. The number of ether oxygens (including phenoxy) is 2. The fourth-order valence-corrected chi connectivity index (χ4v) is 3.67. The Morgan fingerprint density at radius 3 is 2.81 bits per heavy atom. The van der Waals surface area contributed by atoms with Gasteiger partial charge in [-0.25, -0.2) is 0 Å². The minimum atomic E-state index is -0.243. The molecule has 0 bridgehead atoms. The van der Waals surface area contributed by atoms with E-state index < -0.39 is 0 Å². The molecule has 8 heteroatoms. The fourth-order valence-electron chi connectivity index (χ4n) is 3.49. The van der Waals surface area contributed by atoms with Crippen LogP contribution in [-0.4, -0.2) is 43.4 Å². The summed E-state index contributed by atoms with van der Waals surface area (Å²) in [7, 11) is 0. The van der Waals surface area contributed by atoms with Crippen LogP contribution in [0.15, 0.2) is 36.4 Å². The van der Waals surface area contributed by atoms with E-state index in [2.05, 4.69) is 5.32 Å². The Labute approximate surface area is 191 Å². The Kier molecular flexibility index (Phi) is 6.65. The molecule has 1 aliphatic carbocycles. The van der Waals surface area contributed by atoms with Crippen molar-refractivity contribution in [3.05, 3.63) is 52.5 Å². The summed E-state index contributed by atoms with van der Waals surface area (Å²) in [5.74, 6) is 0.540. The molecule has 0 saturated heterocycles. The number of amides is 2. The topological polar surface area (TPSA) is 84.9 Å². The second kappa shape index (κ2) is 9.61. The van der Waals surface area contributed by atoms with Crippen LogP contribution in [0.1, 0.15) is 41.6 Å². The van der Waals surface area contributed by atoms with Gasteiger partial charge in [0.2, 0.25) is 5.91 Å². The Hall–Kier alpha value is -3.06. The Morgan fingerprint density at radius 2 is 2.03 bits per heavy atom. The summed E-state index contributed by atoms with van der Waals surface area (Å²) in [6.45, 7) is 2.04. The van der Waals surface area contributed by atoms with Gasteiger partial charge in [-0.1, -0.05) is 17.7 Å². The number of halogens is 1. The van der Waals surface area contributed by atoms with Crippen LogP contribution in [0.5, 0.6) is 11.5 Å². The lowest BCUT2D eigenvalue weighted by atomic mass is 10.1. The lowest BCUT2D eigenvalue weighted by molar-refractivity contribution is -0.122. The van der Waals surface area contributed by atoms with Crippen LogP contribution < -0.4 is 19.7 Å². The molecule has 1 saturated carbocycles. The summed E-state index contributed by atoms with van der Waals surface area (Å²) in [5, 5.41) is 3.38. The van der Waals surface area contributed by atoms with Crippen molar-refractivity contribution in [1.29, 1.82) is 0 Å². The van der Waals surface area contributed by atoms with Crippen LogP contribution >= 0.6 is 11.6 Å². The maximum atomic E-state index is 12.7. The molecule has 1 N–H and O–H groups in total. The van der Waals surface area contributed by atoms with Crippen molar-refractivity contribution in [3.63, 3.8) is 0 Å². The third-order valence-electron chi connectivity index (χ3n) is 5.40. The average molecular weight is 457 g/mol. The highest BCUT2D eigenvalue weighted by atomic mass is 35.5. The molecule has 0 spiro atoms. The molecule has 2 amide bonds. The quantitative estimate of drug-likeness (QED) is 0.581. The SMILES string of the molecule is Cc1ccc(Cl)c(OCC(=O)c2ccc3c(c2)N(CCCC(=O)NC2CC2)C(=O)CO3)c1. The third kappa shape index (κ3) is 5.40. The van der Waals surface area contributed by atoms with E-state index in [9.17, 15) is 14.4 Å². The lowest BCUT2D eigenvalue weighted by Gasteiger charge is -2.29. The zero-order chi connectivity index (χ0) is 22.7. The summed E-state index contributed by atoms with van der Waals surface area (Å²) >= 11 is 6.13. The zero-order valence-corrected chi connectivity index (χ0v) is 18.6. The first kappa shape index (κ1) is 22.1. The monoisotopic (exact) mass is 456 g/mol. The van der Waals surface area contributed by atoms with E-state index >= 15 is 0 Å². The van der Waals surface area contributed by atoms with Gasteiger partial charge in [-0.15, -0.1) is 0 Å². The van der Waals surface area contributed by atoms with Gasteiger partial charge in [-0.3, -0.25) is 14.4 Å². The highest BCUT2D eigenvalue weighted by Crippen LogP contribution is 2.33. The van der Waals surface area contributed by atoms with Crippen LogP contribution in [-0.2, 0) is 9.59 Å². The van der Waals surface area contributed by atoms with Crippen molar-refractivity contribution in [2.75, 3.05) is 24.7 Å². The zero-order valence-electron chi connectivity index (χ0n) is 17.9. The molecule has 2 aliphatic rings. The van der Waals surface area contributed by atoms with Crippen LogP contribution in [0, 0.1) is 6.92 Å². The van der Waals surface area contributed by atoms with Crippen molar-refractivity contribution in [2.45, 2.75) is 38.6 Å². The maximum absolute atomic E-state index is 12.7. The molecule has 168 valence electrons. The molecule has 0 radical (unpaired) electrons. The Balaban J connectivity index is 1.41. The number of hydrogen-bond acceptors (Lipinski definition) is 5. The maximum Gasteiger partial charge on any atom is 0.265 e. The number of carbonyl (C=O) groups excluding carboxylic acids is 3. The number of aryl methyl sites for hydroxylation is 1. The summed E-state index contributed by atoms with van der Waals surface area (Å²) in [4.78, 5) is 38.7. The molecule has 32 heavy (non-hydrogen) atoms. The van der Waals surface area contributed by atoms with Crippen molar-refractivity contribution >= 4 is 34.9 Å². The van der Waals surface area contributed by atoms with Crippen molar-refractivity contribution in [2.24, 2.45) is 0 Å². The molecule has 0 aromatic heterocycles. The van der Waals surface area contributed by atoms with E-state index in [4.69, 9.17) is 21.1 Å². The number of benzene rings is 2. The average Bonchev–Trinajstić information content (AvgIpc) is 3.59. The van der Waals surface area contributed by atoms with E-state index in [-0.39, 0.29) is 30.8 Å². The van der Waals surface area contributed by atoms with Crippen LogP contribution in [0.2, 0.25) is 5.02 Å². The van der Waals surface area contributed by atoms with E-state index in [1.807, 2.05) is 13.0 Å². The van der Waals surface area contributed by atoms with Gasteiger partial charge < -0.3 is 19.7 Å². The third-order valence-corrected chi connectivity index (χ3v) is 5.71. The minimum absolute atomic E-state index is 0.00400. The van der Waals surface area contributed by atoms with Gasteiger partial charge >= 0.3 is 0 Å². The summed E-state index contributed by atoms with van der Waals surface area (Å²) in [6.07, 6.45) is 2.95. The lowest BCUT2D eigenvalue weighted by Crippen LogP contribution is -2.40. The first-order valence-electron chi connectivity index (χ1n) is 10.7. The van der Waals surface area contributed by atoms with E-state index in [0.717, 1.165) is 18.4 Å². The number of nitrogens with zero attached hydrogens (tertiary/aromatic N) is 1. The number of rotatable bonds is 9. The number of fused-ring (bicyclic) bond motifs is 1. The number of anilines is 1. The van der Waals surface area contributed by atoms with Gasteiger partial charge in [0.25, 0.3) is 5.91 Å². The summed E-state index contributed by atoms with van der Waals surface area (Å²) < 4.78 is 11.1. The smallest absolute Gasteiger partial charge is 0.265 e. The molecule has 7 nitrogen and oxygen atoms in total. The van der Waals surface area contributed by atoms with Crippen molar-refractivity contribution < 1.29 is 23.9 Å². The van der Waals surface area contributed by atoms with E-state index in [1.165, 1.54) is 0 Å². The minimum Gasteiger partial charge on any atom is -0.484 e. The van der Waals surface area contributed by atoms with E-state index in [1.54, 1.807) is 35.2 Å². The fraction of sp³-hybridized carbons (Fsp3) is 0.375. The van der Waals surface area contributed by atoms with Gasteiger partial charge in [-0.05, 0) is 62.1 Å². The molecule has 1 aliphatic heterocycles. The van der Waals surface area contributed by atoms with Gasteiger partial charge in [0.05, 0.1) is 10.7 Å². The van der Waals surface area contributed by atoms with Crippen LogP contribution in [0.3, 0.4) is 0 Å². The van der Waals surface area contributed by atoms with Crippen molar-refractivity contribution in [3.8, 4) is 11.5 Å². The molecular weight excluding hydrogens is 432 g/mol. The normalized spacial score (nSPS) is 15.1. The molecule has 2 aromatic carbocycles. The molecule has 0 unspecified atom stereocenters. The van der Waals surface area contributed by atoms with Crippen LogP contribution in [0.4, 0.5) is 5.69 Å². The second-order valence-corrected chi connectivity index (χ2v) is 8.51. The number of nitrogens with one attached hydrogen (secondary N) is 1. The van der Waals surface area contributed by atoms with Gasteiger partial charge in [0.1, 0.15) is 11.5 Å². The number of Topliss-reactive ketones (excluding diaryl/α,β-unsaturated/α-hetero) is 1. The molecule has 1 heterocycles. The van der Waals surface area contributed by atoms with Gasteiger partial charge in [0, 0.05) is 24.6 Å². The largest absolute Gasteiger partial charge is 0.484 e. The van der Waals surface area contributed by atoms with Crippen molar-refractivity contribution in [1.82, 2.24) is 5.32 Å². The Bertz CT molecular complexity index is 1050. The number of ketones is 1. The standard InChI is InChI=1S/C24H25ClN2O5/c1-15-4-8-18(25)22(11-15)31-13-20(28)16-5-9-21-19(12-16)27(24(30)14-32-21)10-2-3-23(29)26-17-6-7-17/h4-5,8-9,11-12,17H,2-3,6-7,10,13-14H2,1H3,(H,26,29). The number of carbonyl (C=O) groups is 3. The van der Waals surface area contributed by atoms with Crippen LogP contribution in [0.25, 0.3) is 0 Å². The van der Waals surface area contributed by atoms with E-state index in [0.29, 0.717) is 53.2 Å². The Morgan fingerprint density at radius 1 is 1.22 bits per heavy atom. The second-order valence-electron chi connectivity index (χ2n) is 8.11. The molecule has 4 rings (SSSR count). The molecule has 2 aromatic rings. The first-order valence-corrected chi connectivity index (χ1v) is 11.1. The molecule has 0 atom stereocenters. The predicted molar refractivity (Wildman–Crippen MR) is 121 cm³/mol. The molecule has 1 fully saturated rings. The first-order chi connectivity index (χ1) is 15.4. The highest BCUT2D eigenvalue weighted by Gasteiger charge is 2.27. The predicted octanol–water partition coefficient (Wildman–Crippen LogP) is 3.69. The molecular formula is C24H25ClN2O5. The number of hydrogen-bond donors (Lipinski definition) is 1. The van der Waals surface area contributed by atoms with Gasteiger partial charge in [0.15, 0.2) is 19.0 Å². The summed E-state index contributed by atoms with van der Waals surface area (Å²) in [5.41, 5.74) is 1.91. The highest BCUT2D eigenvalue weighted by molar-refractivity contribution is 6.32. The van der Waals surface area contributed by atoms with Gasteiger partial charge in [-0.2, -0.15) is 0 Å².